The SMILES string of the molecule is O=C(CCl)NC(=O)C1COc2ccccc2O1. The van der Waals surface area contributed by atoms with Crippen molar-refractivity contribution in [3.05, 3.63) is 24.3 Å². The monoisotopic (exact) mass is 255 g/mol. The summed E-state index contributed by atoms with van der Waals surface area (Å²) in [4.78, 5) is 22.5. The second kappa shape index (κ2) is 5.05. The van der Waals surface area contributed by atoms with Crippen molar-refractivity contribution in [3.63, 3.8) is 0 Å². The second-order valence-electron chi connectivity index (χ2n) is 3.41. The standard InChI is InChI=1S/C11H10ClNO4/c12-5-10(14)13-11(15)9-6-16-7-3-1-2-4-8(7)17-9/h1-4,9H,5-6H2,(H,13,14,15). The zero-order valence-electron chi connectivity index (χ0n) is 8.81. The molecule has 0 aromatic heterocycles. The Kier molecular flexibility index (Phi) is 3.49. The summed E-state index contributed by atoms with van der Waals surface area (Å²) in [5.41, 5.74) is 0. The van der Waals surface area contributed by atoms with E-state index in [0.29, 0.717) is 11.5 Å². The lowest BCUT2D eigenvalue weighted by molar-refractivity contribution is -0.135. The number of hydrogen-bond acceptors (Lipinski definition) is 4. The topological polar surface area (TPSA) is 64.6 Å². The molecule has 0 saturated heterocycles. The number of hydrogen-bond donors (Lipinski definition) is 1. The molecule has 0 bridgehead atoms. The summed E-state index contributed by atoms with van der Waals surface area (Å²) < 4.78 is 10.7. The fraction of sp³-hybridized carbons (Fsp3) is 0.273. The first-order chi connectivity index (χ1) is 8.20. The predicted octanol–water partition coefficient (Wildman–Crippen LogP) is 0.708. The Morgan fingerprint density at radius 2 is 2.06 bits per heavy atom. The highest BCUT2D eigenvalue weighted by molar-refractivity contribution is 6.28. The lowest BCUT2D eigenvalue weighted by atomic mass is 10.2. The summed E-state index contributed by atoms with van der Waals surface area (Å²) in [6.07, 6.45) is -0.836. The maximum Gasteiger partial charge on any atom is 0.271 e. The molecule has 1 aromatic carbocycles. The summed E-state index contributed by atoms with van der Waals surface area (Å²) in [5, 5.41) is 2.12. The van der Waals surface area contributed by atoms with Gasteiger partial charge in [-0.05, 0) is 12.1 Å². The van der Waals surface area contributed by atoms with Crippen molar-refractivity contribution in [2.45, 2.75) is 6.10 Å². The van der Waals surface area contributed by atoms with Crippen molar-refractivity contribution in [2.75, 3.05) is 12.5 Å². The van der Waals surface area contributed by atoms with Crippen LogP contribution < -0.4 is 14.8 Å². The van der Waals surface area contributed by atoms with Crippen molar-refractivity contribution in [3.8, 4) is 11.5 Å². The highest BCUT2D eigenvalue weighted by atomic mass is 35.5. The molecular weight excluding hydrogens is 246 g/mol. The molecular formula is C11H10ClNO4. The first kappa shape index (κ1) is 11.7. The predicted molar refractivity (Wildman–Crippen MR) is 60.2 cm³/mol. The van der Waals surface area contributed by atoms with Gasteiger partial charge in [0.05, 0.1) is 0 Å². The minimum atomic E-state index is -0.836. The molecule has 1 aliphatic rings. The summed E-state index contributed by atoms with van der Waals surface area (Å²) in [7, 11) is 0. The van der Waals surface area contributed by atoms with Crippen LogP contribution >= 0.6 is 11.6 Å². The van der Waals surface area contributed by atoms with Crippen LogP contribution in [0.2, 0.25) is 0 Å². The molecule has 0 saturated carbocycles. The molecule has 0 radical (unpaired) electrons. The number of carbonyl (C=O) groups excluding carboxylic acids is 2. The van der Waals surface area contributed by atoms with Crippen molar-refractivity contribution in [1.82, 2.24) is 5.32 Å². The number of halogens is 1. The molecule has 0 aliphatic carbocycles. The molecule has 1 unspecified atom stereocenters. The van der Waals surface area contributed by atoms with Gasteiger partial charge in [0, 0.05) is 0 Å². The van der Waals surface area contributed by atoms with Crippen LogP contribution in [-0.2, 0) is 9.59 Å². The van der Waals surface area contributed by atoms with Crippen molar-refractivity contribution >= 4 is 23.4 Å². The fourth-order valence-corrected chi connectivity index (χ4v) is 1.47. The Bertz CT molecular complexity index is 449. The largest absolute Gasteiger partial charge is 0.485 e. The number of nitrogens with one attached hydrogen (secondary N) is 1. The van der Waals surface area contributed by atoms with E-state index < -0.39 is 17.9 Å². The van der Waals surface area contributed by atoms with Gasteiger partial charge in [0.25, 0.3) is 5.91 Å². The van der Waals surface area contributed by atoms with Crippen LogP contribution in [0, 0.1) is 0 Å². The molecule has 90 valence electrons. The van der Waals surface area contributed by atoms with Crippen LogP contribution in [0.5, 0.6) is 11.5 Å². The Balaban J connectivity index is 2.02. The van der Waals surface area contributed by atoms with Crippen LogP contribution in [0.1, 0.15) is 0 Å². The van der Waals surface area contributed by atoms with Crippen LogP contribution in [0.4, 0.5) is 0 Å². The highest BCUT2D eigenvalue weighted by Crippen LogP contribution is 2.30. The number of rotatable bonds is 2. The Hall–Kier alpha value is -1.75. The lowest BCUT2D eigenvalue weighted by Crippen LogP contribution is -2.46. The van der Waals surface area contributed by atoms with E-state index >= 15 is 0 Å². The summed E-state index contributed by atoms with van der Waals surface area (Å²) in [6, 6.07) is 7.01. The molecule has 6 heteroatoms. The maximum absolute atomic E-state index is 11.6. The number of benzene rings is 1. The van der Waals surface area contributed by atoms with Gasteiger partial charge < -0.3 is 9.47 Å². The van der Waals surface area contributed by atoms with Gasteiger partial charge in [-0.15, -0.1) is 11.6 Å². The average molecular weight is 256 g/mol. The quantitative estimate of drug-likeness (QED) is 0.791. The van der Waals surface area contributed by atoms with Crippen LogP contribution in [0.3, 0.4) is 0 Å². The van der Waals surface area contributed by atoms with E-state index in [1.807, 2.05) is 0 Å². The third-order valence-electron chi connectivity index (χ3n) is 2.19. The van der Waals surface area contributed by atoms with Gasteiger partial charge in [-0.2, -0.15) is 0 Å². The van der Waals surface area contributed by atoms with Gasteiger partial charge >= 0.3 is 0 Å². The minimum absolute atomic E-state index is 0.0679. The summed E-state index contributed by atoms with van der Waals surface area (Å²) in [6.45, 7) is 0.0679. The number of fused-ring (bicyclic) bond motifs is 1. The number of carbonyl (C=O) groups is 2. The van der Waals surface area contributed by atoms with E-state index in [2.05, 4.69) is 5.32 Å². The lowest BCUT2D eigenvalue weighted by Gasteiger charge is -2.25. The van der Waals surface area contributed by atoms with E-state index in [4.69, 9.17) is 21.1 Å². The van der Waals surface area contributed by atoms with E-state index in [9.17, 15) is 9.59 Å². The summed E-state index contributed by atoms with van der Waals surface area (Å²) >= 11 is 5.28. The fourth-order valence-electron chi connectivity index (χ4n) is 1.40. The summed E-state index contributed by atoms with van der Waals surface area (Å²) in [5.74, 6) is -0.308. The molecule has 5 nitrogen and oxygen atoms in total. The number of alkyl halides is 1. The Labute approximate surface area is 103 Å². The number of ether oxygens (including phenoxy) is 2. The van der Waals surface area contributed by atoms with Gasteiger partial charge in [-0.1, -0.05) is 12.1 Å². The van der Waals surface area contributed by atoms with E-state index in [-0.39, 0.29) is 12.5 Å². The molecule has 2 rings (SSSR count). The first-order valence-electron chi connectivity index (χ1n) is 4.99. The van der Waals surface area contributed by atoms with E-state index in [0.717, 1.165) is 0 Å². The third-order valence-corrected chi connectivity index (χ3v) is 2.43. The van der Waals surface area contributed by atoms with E-state index in [1.54, 1.807) is 24.3 Å². The van der Waals surface area contributed by atoms with Gasteiger partial charge in [0.1, 0.15) is 12.5 Å². The average Bonchev–Trinajstić information content (AvgIpc) is 2.38. The van der Waals surface area contributed by atoms with Gasteiger partial charge in [0.2, 0.25) is 12.0 Å². The normalized spacial score (nSPS) is 17.4. The van der Waals surface area contributed by atoms with Gasteiger partial charge in [-0.3, -0.25) is 14.9 Å². The first-order valence-corrected chi connectivity index (χ1v) is 5.52. The number of para-hydroxylation sites is 2. The van der Waals surface area contributed by atoms with Gasteiger partial charge in [-0.25, -0.2) is 0 Å². The van der Waals surface area contributed by atoms with Crippen molar-refractivity contribution in [1.29, 1.82) is 0 Å². The molecule has 0 spiro atoms. The number of imide groups is 1. The van der Waals surface area contributed by atoms with Crippen molar-refractivity contribution < 1.29 is 19.1 Å². The zero-order chi connectivity index (χ0) is 12.3. The smallest absolute Gasteiger partial charge is 0.271 e. The maximum atomic E-state index is 11.6. The molecule has 2 amide bonds. The molecule has 1 N–H and O–H groups in total. The molecule has 1 atom stereocenters. The molecule has 1 aromatic rings. The molecule has 1 heterocycles. The van der Waals surface area contributed by atoms with Crippen molar-refractivity contribution in [2.24, 2.45) is 0 Å². The van der Waals surface area contributed by atoms with Gasteiger partial charge in [0.15, 0.2) is 11.5 Å². The van der Waals surface area contributed by atoms with Crippen LogP contribution in [-0.4, -0.2) is 30.4 Å². The van der Waals surface area contributed by atoms with Crippen LogP contribution in [0.15, 0.2) is 24.3 Å². The second-order valence-corrected chi connectivity index (χ2v) is 3.68. The number of amides is 2. The minimum Gasteiger partial charge on any atom is -0.485 e. The third kappa shape index (κ3) is 2.68. The Morgan fingerprint density at radius 3 is 2.76 bits per heavy atom. The zero-order valence-corrected chi connectivity index (χ0v) is 9.57. The highest BCUT2D eigenvalue weighted by Gasteiger charge is 2.28. The molecule has 1 aliphatic heterocycles. The molecule has 0 fully saturated rings. The van der Waals surface area contributed by atoms with E-state index in [1.165, 1.54) is 0 Å². The molecule has 17 heavy (non-hydrogen) atoms. The Morgan fingerprint density at radius 1 is 1.35 bits per heavy atom. The van der Waals surface area contributed by atoms with Crippen LogP contribution in [0.25, 0.3) is 0 Å².